The number of rotatable bonds is 9. The molecule has 0 spiro atoms. The zero-order chi connectivity index (χ0) is 22.1. The van der Waals surface area contributed by atoms with Crippen LogP contribution in [0.15, 0.2) is 42.5 Å². The average molecular weight is 413 g/mol. The lowest BCUT2D eigenvalue weighted by Crippen LogP contribution is -2.34. The Morgan fingerprint density at radius 3 is 2.50 bits per heavy atom. The molecule has 7 nitrogen and oxygen atoms in total. The molecule has 0 fully saturated rings. The van der Waals surface area contributed by atoms with Crippen molar-refractivity contribution in [2.45, 2.75) is 20.4 Å². The van der Waals surface area contributed by atoms with Crippen molar-refractivity contribution < 1.29 is 14.3 Å². The van der Waals surface area contributed by atoms with E-state index in [1.54, 1.807) is 12.0 Å². The number of hydrogen-bond donors (Lipinski definition) is 2. The summed E-state index contributed by atoms with van der Waals surface area (Å²) in [7, 11) is 5.53. The highest BCUT2D eigenvalue weighted by Gasteiger charge is 2.19. The monoisotopic (exact) mass is 412 g/mol. The first kappa shape index (κ1) is 23.2. The number of carbonyl (C=O) groups excluding carboxylic acids is 2. The number of hydrogen-bond acceptors (Lipinski definition) is 4. The first-order valence-electron chi connectivity index (χ1n) is 10.1. The Hall–Kier alpha value is -3.06. The summed E-state index contributed by atoms with van der Waals surface area (Å²) in [6, 6.07) is 13.0. The van der Waals surface area contributed by atoms with Gasteiger partial charge >= 0.3 is 6.03 Å². The SMILES string of the molecule is CCNC(=O)Nc1ccc(N(C)C)c(CN(CCOC)C(=O)c2cccc(C)c2)c1. The van der Waals surface area contributed by atoms with Gasteiger partial charge in [0.1, 0.15) is 0 Å². The van der Waals surface area contributed by atoms with Crippen molar-refractivity contribution in [3.63, 3.8) is 0 Å². The number of anilines is 2. The Bertz CT molecular complexity index is 867. The summed E-state index contributed by atoms with van der Waals surface area (Å²) in [5, 5.41) is 5.56. The first-order valence-corrected chi connectivity index (χ1v) is 10.1. The van der Waals surface area contributed by atoms with E-state index >= 15 is 0 Å². The van der Waals surface area contributed by atoms with Crippen molar-refractivity contribution in [3.05, 3.63) is 59.2 Å². The number of nitrogens with zero attached hydrogens (tertiary/aromatic N) is 2. The molecule has 0 saturated heterocycles. The van der Waals surface area contributed by atoms with Crippen LogP contribution in [0.3, 0.4) is 0 Å². The number of aryl methyl sites for hydroxylation is 1. The number of amides is 3. The van der Waals surface area contributed by atoms with Gasteiger partial charge in [-0.1, -0.05) is 17.7 Å². The van der Waals surface area contributed by atoms with E-state index in [2.05, 4.69) is 10.6 Å². The van der Waals surface area contributed by atoms with E-state index in [4.69, 9.17) is 4.74 Å². The molecular weight excluding hydrogens is 380 g/mol. The molecule has 7 heteroatoms. The van der Waals surface area contributed by atoms with Gasteiger partial charge in [0.05, 0.1) is 6.61 Å². The van der Waals surface area contributed by atoms with Gasteiger partial charge in [0.15, 0.2) is 0 Å². The van der Waals surface area contributed by atoms with Crippen LogP contribution in [0.5, 0.6) is 0 Å². The summed E-state index contributed by atoms with van der Waals surface area (Å²) in [5.41, 5.74) is 4.28. The summed E-state index contributed by atoms with van der Waals surface area (Å²) in [6.45, 7) is 5.68. The fraction of sp³-hybridized carbons (Fsp3) is 0.391. The van der Waals surface area contributed by atoms with E-state index in [1.165, 1.54) is 0 Å². The maximum absolute atomic E-state index is 13.2. The lowest BCUT2D eigenvalue weighted by Gasteiger charge is -2.26. The van der Waals surface area contributed by atoms with E-state index in [0.717, 1.165) is 16.8 Å². The molecule has 0 radical (unpaired) electrons. The summed E-state index contributed by atoms with van der Waals surface area (Å²) >= 11 is 0. The van der Waals surface area contributed by atoms with Crippen molar-refractivity contribution in [1.29, 1.82) is 0 Å². The second-order valence-corrected chi connectivity index (χ2v) is 7.31. The van der Waals surface area contributed by atoms with Gasteiger partial charge in [0.2, 0.25) is 0 Å². The van der Waals surface area contributed by atoms with Crippen molar-refractivity contribution >= 4 is 23.3 Å². The molecule has 30 heavy (non-hydrogen) atoms. The molecule has 0 bridgehead atoms. The van der Waals surface area contributed by atoms with Crippen molar-refractivity contribution in [1.82, 2.24) is 10.2 Å². The third-order valence-corrected chi connectivity index (χ3v) is 4.64. The fourth-order valence-electron chi connectivity index (χ4n) is 3.18. The van der Waals surface area contributed by atoms with Crippen molar-refractivity contribution in [3.8, 4) is 0 Å². The highest BCUT2D eigenvalue weighted by molar-refractivity contribution is 5.94. The third kappa shape index (κ3) is 6.49. The van der Waals surface area contributed by atoms with Crippen molar-refractivity contribution in [2.24, 2.45) is 0 Å². The molecule has 0 aliphatic carbocycles. The van der Waals surface area contributed by atoms with Crippen LogP contribution < -0.4 is 15.5 Å². The van der Waals surface area contributed by atoms with Crippen molar-refractivity contribution in [2.75, 3.05) is 51.1 Å². The third-order valence-electron chi connectivity index (χ3n) is 4.64. The number of benzene rings is 2. The topological polar surface area (TPSA) is 73.9 Å². The molecule has 0 unspecified atom stereocenters. The predicted molar refractivity (Wildman–Crippen MR) is 121 cm³/mol. The lowest BCUT2D eigenvalue weighted by molar-refractivity contribution is 0.0680. The molecule has 2 aromatic rings. The summed E-state index contributed by atoms with van der Waals surface area (Å²) in [6.07, 6.45) is 0. The van der Waals surface area contributed by atoms with Gasteiger partial charge in [-0.2, -0.15) is 0 Å². The van der Waals surface area contributed by atoms with Crippen LogP contribution in [0.1, 0.15) is 28.4 Å². The molecule has 0 saturated carbocycles. The minimum absolute atomic E-state index is 0.0532. The minimum Gasteiger partial charge on any atom is -0.383 e. The maximum atomic E-state index is 13.2. The quantitative estimate of drug-likeness (QED) is 0.661. The molecule has 162 valence electrons. The van der Waals surface area contributed by atoms with Crippen LogP contribution >= 0.6 is 0 Å². The Balaban J connectivity index is 2.34. The second-order valence-electron chi connectivity index (χ2n) is 7.31. The van der Waals surface area contributed by atoms with Crippen LogP contribution in [-0.2, 0) is 11.3 Å². The molecule has 2 rings (SSSR count). The second kappa shape index (κ2) is 11.2. The van der Waals surface area contributed by atoms with E-state index < -0.39 is 0 Å². The van der Waals surface area contributed by atoms with Gasteiger partial charge in [-0.05, 0) is 49.7 Å². The van der Waals surface area contributed by atoms with Gasteiger partial charge < -0.3 is 25.2 Å². The highest BCUT2D eigenvalue weighted by atomic mass is 16.5. The van der Waals surface area contributed by atoms with Gasteiger partial charge in [-0.25, -0.2) is 4.79 Å². The van der Waals surface area contributed by atoms with Crippen LogP contribution in [-0.4, -0.2) is 57.7 Å². The van der Waals surface area contributed by atoms with E-state index in [9.17, 15) is 9.59 Å². The minimum atomic E-state index is -0.256. The number of nitrogens with one attached hydrogen (secondary N) is 2. The Morgan fingerprint density at radius 1 is 1.10 bits per heavy atom. The Kier molecular flexibility index (Phi) is 8.68. The van der Waals surface area contributed by atoms with Gasteiger partial charge in [0, 0.05) is 57.8 Å². The zero-order valence-electron chi connectivity index (χ0n) is 18.5. The van der Waals surface area contributed by atoms with Crippen LogP contribution in [0.4, 0.5) is 16.2 Å². The Morgan fingerprint density at radius 2 is 1.87 bits per heavy atom. The molecule has 0 atom stereocenters. The number of carbonyl (C=O) groups is 2. The highest BCUT2D eigenvalue weighted by Crippen LogP contribution is 2.25. The molecule has 2 N–H and O–H groups in total. The standard InChI is InChI=1S/C23H32N4O3/c1-6-24-23(29)25-20-10-11-21(26(3)4)19(15-20)16-27(12-13-30-5)22(28)18-9-7-8-17(2)14-18/h7-11,14-15H,6,12-13,16H2,1-5H3,(H2,24,25,29). The first-order chi connectivity index (χ1) is 14.3. The van der Waals surface area contributed by atoms with Crippen LogP contribution in [0.25, 0.3) is 0 Å². The summed E-state index contributed by atoms with van der Waals surface area (Å²) in [5.74, 6) is -0.0532. The lowest BCUT2D eigenvalue weighted by atomic mass is 10.1. The van der Waals surface area contributed by atoms with E-state index in [-0.39, 0.29) is 11.9 Å². The largest absolute Gasteiger partial charge is 0.383 e. The summed E-state index contributed by atoms with van der Waals surface area (Å²) < 4.78 is 5.23. The molecule has 0 aromatic heterocycles. The average Bonchev–Trinajstić information content (AvgIpc) is 2.70. The maximum Gasteiger partial charge on any atom is 0.319 e. The normalized spacial score (nSPS) is 10.4. The van der Waals surface area contributed by atoms with E-state index in [1.807, 2.05) is 75.3 Å². The zero-order valence-corrected chi connectivity index (χ0v) is 18.5. The predicted octanol–water partition coefficient (Wildman–Crippen LogP) is 3.49. The molecular formula is C23H32N4O3. The number of methoxy groups -OCH3 is 1. The smallest absolute Gasteiger partial charge is 0.319 e. The number of urea groups is 1. The Labute approximate surface area is 179 Å². The van der Waals surface area contributed by atoms with Gasteiger partial charge in [-0.15, -0.1) is 0 Å². The van der Waals surface area contributed by atoms with Gasteiger partial charge in [-0.3, -0.25) is 4.79 Å². The van der Waals surface area contributed by atoms with Gasteiger partial charge in [0.25, 0.3) is 5.91 Å². The fourth-order valence-corrected chi connectivity index (χ4v) is 3.18. The molecule has 2 aromatic carbocycles. The number of ether oxygens (including phenoxy) is 1. The van der Waals surface area contributed by atoms with Crippen LogP contribution in [0, 0.1) is 6.92 Å². The van der Waals surface area contributed by atoms with E-state index in [0.29, 0.717) is 37.5 Å². The van der Waals surface area contributed by atoms with Crippen LogP contribution in [0.2, 0.25) is 0 Å². The molecule has 0 aliphatic rings. The molecule has 3 amide bonds. The molecule has 0 aliphatic heterocycles. The summed E-state index contributed by atoms with van der Waals surface area (Å²) in [4.78, 5) is 28.9. The molecule has 0 heterocycles.